The molecule has 1 aliphatic carbocycles. The molecule has 1 fully saturated rings. The van der Waals surface area contributed by atoms with Gasteiger partial charge in [0.15, 0.2) is 5.60 Å². The molecule has 3 aromatic heterocycles. The number of benzene rings is 1. The molecule has 12 heteroatoms. The Labute approximate surface area is 231 Å². The van der Waals surface area contributed by atoms with Crippen LogP contribution < -0.4 is 15.4 Å². The second kappa shape index (κ2) is 10.9. The summed E-state index contributed by atoms with van der Waals surface area (Å²) in [4.78, 5) is 41.0. The average Bonchev–Trinajstić information content (AvgIpc) is 3.54. The molecule has 2 amide bonds. The fourth-order valence-corrected chi connectivity index (χ4v) is 5.21. The molecule has 12 nitrogen and oxygen atoms in total. The molecule has 0 unspecified atom stereocenters. The highest BCUT2D eigenvalue weighted by Crippen LogP contribution is 2.34. The van der Waals surface area contributed by atoms with Crippen molar-refractivity contribution in [1.82, 2.24) is 29.7 Å². The van der Waals surface area contributed by atoms with Gasteiger partial charge in [-0.3, -0.25) is 19.1 Å². The Hall–Kier alpha value is -4.48. The van der Waals surface area contributed by atoms with Gasteiger partial charge in [-0.05, 0) is 57.6 Å². The van der Waals surface area contributed by atoms with Crippen LogP contribution in [0.25, 0.3) is 16.4 Å². The molecule has 2 N–H and O–H groups in total. The van der Waals surface area contributed by atoms with Crippen molar-refractivity contribution >= 4 is 39.9 Å². The van der Waals surface area contributed by atoms with E-state index in [-0.39, 0.29) is 17.9 Å². The van der Waals surface area contributed by atoms with Gasteiger partial charge < -0.3 is 20.1 Å². The summed E-state index contributed by atoms with van der Waals surface area (Å²) in [6.45, 7) is 5.01. The number of methoxy groups -OCH3 is 1. The minimum absolute atomic E-state index is 0.215. The lowest BCUT2D eigenvalue weighted by Crippen LogP contribution is -2.46. The number of carbonyl (C=O) groups is 3. The van der Waals surface area contributed by atoms with Crippen LogP contribution in [0.15, 0.2) is 43.1 Å². The SMILES string of the molecule is COc1cc2nn(C3CCC(CNC(=O)C(C)(C)OC(C)=O)CC3)cc2cc1C(=O)Nc1cnn2cnccc12. The summed E-state index contributed by atoms with van der Waals surface area (Å²) in [5.41, 5.74) is 1.27. The molecule has 1 aromatic carbocycles. The minimum atomic E-state index is -1.20. The number of hydrogen-bond acceptors (Lipinski definition) is 8. The van der Waals surface area contributed by atoms with Gasteiger partial charge in [-0.15, -0.1) is 0 Å². The maximum atomic E-state index is 13.2. The summed E-state index contributed by atoms with van der Waals surface area (Å²) >= 11 is 0. The lowest BCUT2D eigenvalue weighted by Gasteiger charge is -2.30. The second-order valence-corrected chi connectivity index (χ2v) is 10.6. The van der Waals surface area contributed by atoms with Crippen LogP contribution in [-0.2, 0) is 14.3 Å². The zero-order valence-corrected chi connectivity index (χ0v) is 23.0. The van der Waals surface area contributed by atoms with Crippen molar-refractivity contribution in [2.24, 2.45) is 5.92 Å². The van der Waals surface area contributed by atoms with E-state index in [4.69, 9.17) is 14.6 Å². The van der Waals surface area contributed by atoms with Gasteiger partial charge in [0, 0.05) is 37.3 Å². The summed E-state index contributed by atoms with van der Waals surface area (Å²) in [6.07, 6.45) is 10.5. The maximum Gasteiger partial charge on any atom is 0.303 e. The Morgan fingerprint density at radius 1 is 1.15 bits per heavy atom. The van der Waals surface area contributed by atoms with E-state index in [9.17, 15) is 14.4 Å². The normalized spacial score (nSPS) is 17.5. The molecule has 1 aliphatic rings. The van der Waals surface area contributed by atoms with Gasteiger partial charge in [0.25, 0.3) is 11.8 Å². The van der Waals surface area contributed by atoms with E-state index in [2.05, 4.69) is 20.7 Å². The molecule has 210 valence electrons. The smallest absolute Gasteiger partial charge is 0.303 e. The second-order valence-electron chi connectivity index (χ2n) is 10.6. The lowest BCUT2D eigenvalue weighted by molar-refractivity contribution is -0.163. The Morgan fingerprint density at radius 2 is 1.93 bits per heavy atom. The fourth-order valence-electron chi connectivity index (χ4n) is 5.21. The van der Waals surface area contributed by atoms with E-state index in [0.29, 0.717) is 29.5 Å². The van der Waals surface area contributed by atoms with Gasteiger partial charge in [0.2, 0.25) is 0 Å². The number of hydrogen-bond donors (Lipinski definition) is 2. The van der Waals surface area contributed by atoms with E-state index < -0.39 is 11.6 Å². The number of ether oxygens (including phenoxy) is 2. The van der Waals surface area contributed by atoms with Crippen molar-refractivity contribution in [3.8, 4) is 5.75 Å². The van der Waals surface area contributed by atoms with Crippen LogP contribution in [0.3, 0.4) is 0 Å². The predicted octanol–water partition coefficient (Wildman–Crippen LogP) is 3.53. The third-order valence-corrected chi connectivity index (χ3v) is 7.35. The number of rotatable bonds is 8. The Morgan fingerprint density at radius 3 is 2.65 bits per heavy atom. The first-order chi connectivity index (χ1) is 19.1. The van der Waals surface area contributed by atoms with Gasteiger partial charge >= 0.3 is 5.97 Å². The quantitative estimate of drug-likeness (QED) is 0.319. The highest BCUT2D eigenvalue weighted by Gasteiger charge is 2.32. The van der Waals surface area contributed by atoms with Crippen molar-refractivity contribution in [1.29, 1.82) is 0 Å². The molecule has 0 radical (unpaired) electrons. The van der Waals surface area contributed by atoms with Crippen LogP contribution >= 0.6 is 0 Å². The van der Waals surface area contributed by atoms with Gasteiger partial charge in [-0.2, -0.15) is 10.2 Å². The Balaban J connectivity index is 1.24. The van der Waals surface area contributed by atoms with Crippen LogP contribution in [-0.4, -0.2) is 61.4 Å². The van der Waals surface area contributed by atoms with Gasteiger partial charge in [0.1, 0.15) is 12.1 Å². The zero-order chi connectivity index (χ0) is 28.4. The molecule has 0 bridgehead atoms. The topological polar surface area (TPSA) is 142 Å². The molecule has 0 aliphatic heterocycles. The summed E-state index contributed by atoms with van der Waals surface area (Å²) in [5.74, 6) is -0.315. The third-order valence-electron chi connectivity index (χ3n) is 7.35. The Kier molecular flexibility index (Phi) is 7.42. The van der Waals surface area contributed by atoms with Crippen molar-refractivity contribution in [3.05, 3.63) is 48.7 Å². The van der Waals surface area contributed by atoms with Crippen molar-refractivity contribution in [2.75, 3.05) is 19.0 Å². The Bertz CT molecular complexity index is 1570. The molecule has 4 aromatic rings. The van der Waals surface area contributed by atoms with E-state index in [1.807, 2.05) is 10.9 Å². The standard InChI is InChI=1S/C28H33N7O5/c1-17(36)40-28(2,3)27(38)30-13-18-5-7-20(8-6-18)34-15-19-11-21(25(39-4)12-22(19)33-34)26(37)32-23-14-31-35-16-29-10-9-24(23)35/h9-12,14-16,18,20H,5-8,13H2,1-4H3,(H,30,38)(H,32,37). The van der Waals surface area contributed by atoms with E-state index in [1.54, 1.807) is 55.3 Å². The first-order valence-electron chi connectivity index (χ1n) is 13.3. The molecule has 5 rings (SSSR count). The van der Waals surface area contributed by atoms with Gasteiger partial charge in [0.05, 0.1) is 41.6 Å². The average molecular weight is 548 g/mol. The predicted molar refractivity (Wildman–Crippen MR) is 147 cm³/mol. The van der Waals surface area contributed by atoms with Crippen LogP contribution in [0.4, 0.5) is 5.69 Å². The summed E-state index contributed by atoms with van der Waals surface area (Å²) in [5, 5.41) is 15.7. The summed E-state index contributed by atoms with van der Waals surface area (Å²) < 4.78 is 14.2. The van der Waals surface area contributed by atoms with Crippen LogP contribution in [0.5, 0.6) is 5.75 Å². The van der Waals surface area contributed by atoms with Crippen LogP contribution in [0.1, 0.15) is 62.9 Å². The van der Waals surface area contributed by atoms with Gasteiger partial charge in [-0.25, -0.2) is 9.50 Å². The highest BCUT2D eigenvalue weighted by atomic mass is 16.6. The molecule has 40 heavy (non-hydrogen) atoms. The van der Waals surface area contributed by atoms with Crippen molar-refractivity contribution in [3.63, 3.8) is 0 Å². The van der Waals surface area contributed by atoms with Gasteiger partial charge in [-0.1, -0.05) is 0 Å². The summed E-state index contributed by atoms with van der Waals surface area (Å²) in [7, 11) is 1.53. The molecular formula is C28H33N7O5. The molecule has 1 saturated carbocycles. The number of aromatic nitrogens is 5. The largest absolute Gasteiger partial charge is 0.496 e. The summed E-state index contributed by atoms with van der Waals surface area (Å²) in [6, 6.07) is 5.58. The number of nitrogens with zero attached hydrogens (tertiary/aromatic N) is 5. The number of amides is 2. The zero-order valence-electron chi connectivity index (χ0n) is 23.0. The first kappa shape index (κ1) is 27.1. The number of anilines is 1. The molecule has 0 atom stereocenters. The molecule has 0 saturated heterocycles. The fraction of sp³-hybridized carbons (Fsp3) is 0.429. The minimum Gasteiger partial charge on any atom is -0.496 e. The maximum absolute atomic E-state index is 13.2. The number of carbonyl (C=O) groups excluding carboxylic acids is 3. The molecular weight excluding hydrogens is 514 g/mol. The first-order valence-corrected chi connectivity index (χ1v) is 13.3. The van der Waals surface area contributed by atoms with E-state index in [0.717, 1.165) is 42.1 Å². The van der Waals surface area contributed by atoms with Crippen LogP contribution in [0, 0.1) is 5.92 Å². The molecule has 3 heterocycles. The third kappa shape index (κ3) is 5.61. The number of nitrogens with one attached hydrogen (secondary N) is 2. The molecule has 0 spiro atoms. The van der Waals surface area contributed by atoms with E-state index >= 15 is 0 Å². The number of esters is 1. The monoisotopic (exact) mass is 547 g/mol. The lowest BCUT2D eigenvalue weighted by atomic mass is 9.86. The van der Waals surface area contributed by atoms with Crippen molar-refractivity contribution < 1.29 is 23.9 Å². The van der Waals surface area contributed by atoms with Crippen LogP contribution in [0.2, 0.25) is 0 Å². The van der Waals surface area contributed by atoms with E-state index in [1.165, 1.54) is 14.0 Å². The van der Waals surface area contributed by atoms with Crippen molar-refractivity contribution in [2.45, 2.75) is 58.1 Å². The highest BCUT2D eigenvalue weighted by molar-refractivity contribution is 6.09. The number of fused-ring (bicyclic) bond motifs is 2.